The first kappa shape index (κ1) is 12.7. The normalized spacial score (nSPS) is 13.3. The van der Waals surface area contributed by atoms with Gasteiger partial charge < -0.3 is 10.0 Å². The maximum absolute atomic E-state index is 11.0. The summed E-state index contributed by atoms with van der Waals surface area (Å²) in [5.41, 5.74) is 5.06. The number of hydrogen-bond acceptors (Lipinski definition) is 2. The SMILES string of the molecule is Cc1cc(CN2CCc3ccccc32)ccc1C(=O)O. The van der Waals surface area contributed by atoms with Gasteiger partial charge in [0.15, 0.2) is 0 Å². The molecule has 2 aromatic rings. The zero-order valence-corrected chi connectivity index (χ0v) is 11.5. The van der Waals surface area contributed by atoms with Crippen molar-refractivity contribution in [1.29, 1.82) is 0 Å². The molecule has 0 saturated heterocycles. The Labute approximate surface area is 118 Å². The molecule has 1 heterocycles. The molecule has 0 unspecified atom stereocenters. The first-order valence-electron chi connectivity index (χ1n) is 6.81. The average Bonchev–Trinajstić information content (AvgIpc) is 2.82. The van der Waals surface area contributed by atoms with Crippen LogP contribution in [0.3, 0.4) is 0 Å². The van der Waals surface area contributed by atoms with E-state index in [4.69, 9.17) is 5.11 Å². The van der Waals surface area contributed by atoms with E-state index in [1.54, 1.807) is 6.07 Å². The summed E-state index contributed by atoms with van der Waals surface area (Å²) < 4.78 is 0. The van der Waals surface area contributed by atoms with Crippen LogP contribution in [0.15, 0.2) is 42.5 Å². The van der Waals surface area contributed by atoms with E-state index < -0.39 is 5.97 Å². The van der Waals surface area contributed by atoms with Crippen LogP contribution in [0.2, 0.25) is 0 Å². The van der Waals surface area contributed by atoms with Gasteiger partial charge in [-0.1, -0.05) is 30.3 Å². The molecule has 102 valence electrons. The van der Waals surface area contributed by atoms with Gasteiger partial charge in [0.2, 0.25) is 0 Å². The summed E-state index contributed by atoms with van der Waals surface area (Å²) in [7, 11) is 0. The molecule has 0 atom stereocenters. The fourth-order valence-corrected chi connectivity index (χ4v) is 2.86. The number of aryl methyl sites for hydroxylation is 1. The van der Waals surface area contributed by atoms with E-state index in [1.165, 1.54) is 11.3 Å². The molecule has 0 amide bonds. The van der Waals surface area contributed by atoms with Crippen LogP contribution in [0, 0.1) is 6.92 Å². The molecule has 0 saturated carbocycles. The Kier molecular flexibility index (Phi) is 3.18. The quantitative estimate of drug-likeness (QED) is 0.928. The minimum Gasteiger partial charge on any atom is -0.478 e. The molecule has 0 aliphatic carbocycles. The number of aromatic carboxylic acids is 1. The number of rotatable bonds is 3. The van der Waals surface area contributed by atoms with Crippen molar-refractivity contribution >= 4 is 11.7 Å². The van der Waals surface area contributed by atoms with E-state index in [1.807, 2.05) is 19.1 Å². The van der Waals surface area contributed by atoms with Crippen LogP contribution in [0.1, 0.15) is 27.0 Å². The molecule has 20 heavy (non-hydrogen) atoms. The molecule has 1 aliphatic heterocycles. The van der Waals surface area contributed by atoms with E-state index in [-0.39, 0.29) is 0 Å². The molecule has 0 radical (unpaired) electrons. The van der Waals surface area contributed by atoms with E-state index in [2.05, 4.69) is 29.2 Å². The molecular formula is C17H17NO2. The number of anilines is 1. The van der Waals surface area contributed by atoms with Crippen molar-refractivity contribution in [2.24, 2.45) is 0 Å². The van der Waals surface area contributed by atoms with Crippen molar-refractivity contribution in [3.8, 4) is 0 Å². The molecule has 1 aliphatic rings. The van der Waals surface area contributed by atoms with Crippen LogP contribution in [0.4, 0.5) is 5.69 Å². The largest absolute Gasteiger partial charge is 0.478 e. The van der Waals surface area contributed by atoms with Gasteiger partial charge in [0.1, 0.15) is 0 Å². The maximum Gasteiger partial charge on any atom is 0.335 e. The highest BCUT2D eigenvalue weighted by Gasteiger charge is 2.18. The Morgan fingerprint density at radius 2 is 2.05 bits per heavy atom. The van der Waals surface area contributed by atoms with Crippen molar-refractivity contribution < 1.29 is 9.90 Å². The number of carboxylic acid groups (broad SMARTS) is 1. The molecule has 0 fully saturated rings. The Balaban J connectivity index is 1.83. The average molecular weight is 267 g/mol. The van der Waals surface area contributed by atoms with Gasteiger partial charge in [-0.25, -0.2) is 4.79 Å². The second-order valence-corrected chi connectivity index (χ2v) is 5.25. The summed E-state index contributed by atoms with van der Waals surface area (Å²) in [6, 6.07) is 14.1. The minimum absolute atomic E-state index is 0.385. The molecule has 0 aromatic heterocycles. The van der Waals surface area contributed by atoms with Crippen molar-refractivity contribution in [2.75, 3.05) is 11.4 Å². The van der Waals surface area contributed by atoms with Crippen LogP contribution in [0.25, 0.3) is 0 Å². The standard InChI is InChI=1S/C17H17NO2/c1-12-10-13(6-7-15(12)17(19)20)11-18-9-8-14-4-2-3-5-16(14)18/h2-7,10H,8-9,11H2,1H3,(H,19,20). The smallest absolute Gasteiger partial charge is 0.335 e. The molecule has 3 rings (SSSR count). The lowest BCUT2D eigenvalue weighted by Crippen LogP contribution is -2.19. The lowest BCUT2D eigenvalue weighted by atomic mass is 10.0. The number of fused-ring (bicyclic) bond motifs is 1. The second-order valence-electron chi connectivity index (χ2n) is 5.25. The van der Waals surface area contributed by atoms with Crippen LogP contribution in [0.5, 0.6) is 0 Å². The highest BCUT2D eigenvalue weighted by Crippen LogP contribution is 2.29. The van der Waals surface area contributed by atoms with Gasteiger partial charge >= 0.3 is 5.97 Å². The monoisotopic (exact) mass is 267 g/mol. The first-order chi connectivity index (χ1) is 9.65. The highest BCUT2D eigenvalue weighted by molar-refractivity contribution is 5.89. The van der Waals surface area contributed by atoms with E-state index >= 15 is 0 Å². The predicted octanol–water partition coefficient (Wildman–Crippen LogP) is 3.26. The number of carbonyl (C=O) groups is 1. The van der Waals surface area contributed by atoms with Gasteiger partial charge in [-0.3, -0.25) is 0 Å². The van der Waals surface area contributed by atoms with Gasteiger partial charge in [0, 0.05) is 18.8 Å². The van der Waals surface area contributed by atoms with Crippen LogP contribution >= 0.6 is 0 Å². The fourth-order valence-electron chi connectivity index (χ4n) is 2.86. The topological polar surface area (TPSA) is 40.5 Å². The number of benzene rings is 2. The molecule has 2 aromatic carbocycles. The Morgan fingerprint density at radius 1 is 1.25 bits per heavy atom. The van der Waals surface area contributed by atoms with Gasteiger partial charge in [0.25, 0.3) is 0 Å². The third-order valence-corrected chi connectivity index (χ3v) is 3.88. The van der Waals surface area contributed by atoms with E-state index in [0.717, 1.165) is 30.6 Å². The summed E-state index contributed by atoms with van der Waals surface area (Å²) in [6.07, 6.45) is 1.09. The minimum atomic E-state index is -0.861. The van der Waals surface area contributed by atoms with Gasteiger partial charge in [0.05, 0.1) is 5.56 Å². The lowest BCUT2D eigenvalue weighted by molar-refractivity contribution is 0.0696. The third kappa shape index (κ3) is 2.27. The second kappa shape index (κ2) is 5.00. The fraction of sp³-hybridized carbons (Fsp3) is 0.235. The molecule has 1 N–H and O–H groups in total. The van der Waals surface area contributed by atoms with Gasteiger partial charge in [-0.2, -0.15) is 0 Å². The van der Waals surface area contributed by atoms with E-state index in [9.17, 15) is 4.79 Å². The summed E-state index contributed by atoms with van der Waals surface area (Å²) >= 11 is 0. The van der Waals surface area contributed by atoms with Crippen molar-refractivity contribution in [2.45, 2.75) is 19.9 Å². The summed E-state index contributed by atoms with van der Waals surface area (Å²) in [4.78, 5) is 13.4. The number of nitrogens with zero attached hydrogens (tertiary/aromatic N) is 1. The zero-order chi connectivity index (χ0) is 14.1. The summed E-state index contributed by atoms with van der Waals surface area (Å²) in [5, 5.41) is 9.06. The van der Waals surface area contributed by atoms with Crippen LogP contribution in [-0.4, -0.2) is 17.6 Å². The Morgan fingerprint density at radius 3 is 2.80 bits per heavy atom. The highest BCUT2D eigenvalue weighted by atomic mass is 16.4. The molecular weight excluding hydrogens is 250 g/mol. The van der Waals surface area contributed by atoms with Crippen molar-refractivity contribution in [3.63, 3.8) is 0 Å². The molecule has 0 bridgehead atoms. The first-order valence-corrected chi connectivity index (χ1v) is 6.81. The molecule has 0 spiro atoms. The number of carboxylic acids is 1. The van der Waals surface area contributed by atoms with Gasteiger partial charge in [-0.15, -0.1) is 0 Å². The number of hydrogen-bond donors (Lipinski definition) is 1. The van der Waals surface area contributed by atoms with Gasteiger partial charge in [-0.05, 0) is 42.2 Å². The van der Waals surface area contributed by atoms with E-state index in [0.29, 0.717) is 5.56 Å². The Bertz CT molecular complexity index is 664. The molecule has 3 nitrogen and oxygen atoms in total. The zero-order valence-electron chi connectivity index (χ0n) is 11.5. The number of para-hydroxylation sites is 1. The summed E-state index contributed by atoms with van der Waals surface area (Å²) in [6.45, 7) is 3.71. The molecule has 3 heteroatoms. The maximum atomic E-state index is 11.0. The Hall–Kier alpha value is -2.29. The lowest BCUT2D eigenvalue weighted by Gasteiger charge is -2.20. The predicted molar refractivity (Wildman–Crippen MR) is 79.3 cm³/mol. The van der Waals surface area contributed by atoms with Crippen molar-refractivity contribution in [3.05, 3.63) is 64.7 Å². The van der Waals surface area contributed by atoms with Crippen LogP contribution in [-0.2, 0) is 13.0 Å². The summed E-state index contributed by atoms with van der Waals surface area (Å²) in [5.74, 6) is -0.861. The van der Waals surface area contributed by atoms with Crippen molar-refractivity contribution in [1.82, 2.24) is 0 Å². The third-order valence-electron chi connectivity index (χ3n) is 3.88. The van der Waals surface area contributed by atoms with Crippen LogP contribution < -0.4 is 4.90 Å².